The summed E-state index contributed by atoms with van der Waals surface area (Å²) in [7, 11) is 0. The molecule has 1 fully saturated rings. The van der Waals surface area contributed by atoms with Crippen LogP contribution in [-0.2, 0) is 16.1 Å². The number of rotatable bonds is 5. The Balaban J connectivity index is 1.55. The van der Waals surface area contributed by atoms with Crippen LogP contribution in [0.25, 0.3) is 11.1 Å². The highest BCUT2D eigenvalue weighted by atomic mass is 32.1. The van der Waals surface area contributed by atoms with Crippen LogP contribution >= 0.6 is 11.3 Å². The number of pyridine rings is 1. The van der Waals surface area contributed by atoms with E-state index >= 15 is 0 Å². The zero-order valence-corrected chi connectivity index (χ0v) is 15.1. The first kappa shape index (κ1) is 16.6. The monoisotopic (exact) mass is 372 g/mol. The van der Waals surface area contributed by atoms with Crippen LogP contribution in [0.15, 0.2) is 16.0 Å². The highest BCUT2D eigenvalue weighted by molar-refractivity contribution is 7.13. The van der Waals surface area contributed by atoms with Gasteiger partial charge in [0.05, 0.1) is 22.3 Å². The van der Waals surface area contributed by atoms with E-state index in [9.17, 15) is 9.59 Å². The molecule has 0 atom stereocenters. The van der Waals surface area contributed by atoms with Gasteiger partial charge in [-0.25, -0.2) is 14.8 Å². The molecule has 1 aliphatic carbocycles. The fourth-order valence-corrected chi connectivity index (χ4v) is 3.40. The van der Waals surface area contributed by atoms with Gasteiger partial charge in [-0.15, -0.1) is 11.3 Å². The lowest BCUT2D eigenvalue weighted by Gasteiger charge is -2.06. The van der Waals surface area contributed by atoms with Crippen LogP contribution < -0.4 is 5.32 Å². The van der Waals surface area contributed by atoms with Crippen molar-refractivity contribution in [3.05, 3.63) is 34.1 Å². The minimum absolute atomic E-state index is 0.0157. The Hall–Kier alpha value is -2.81. The van der Waals surface area contributed by atoms with E-state index < -0.39 is 5.97 Å². The highest BCUT2D eigenvalue weighted by Gasteiger charge is 2.29. The Morgan fingerprint density at radius 1 is 1.38 bits per heavy atom. The van der Waals surface area contributed by atoms with Gasteiger partial charge in [0.2, 0.25) is 5.91 Å². The summed E-state index contributed by atoms with van der Waals surface area (Å²) in [6.07, 6.45) is 2.12. The normalized spacial score (nSPS) is 13.8. The number of aryl methyl sites for hydroxylation is 1. The third-order valence-electron chi connectivity index (χ3n) is 4.04. The lowest BCUT2D eigenvalue weighted by molar-refractivity contribution is -0.114. The Bertz CT molecular complexity index is 1010. The molecule has 0 aromatic carbocycles. The van der Waals surface area contributed by atoms with Gasteiger partial charge in [-0.3, -0.25) is 4.79 Å². The van der Waals surface area contributed by atoms with Gasteiger partial charge in [0.15, 0.2) is 5.13 Å². The molecule has 0 unspecified atom stereocenters. The Morgan fingerprint density at radius 3 is 2.92 bits per heavy atom. The van der Waals surface area contributed by atoms with E-state index in [1.807, 2.05) is 0 Å². The molecule has 1 aliphatic rings. The summed E-state index contributed by atoms with van der Waals surface area (Å²) >= 11 is 1.28. The number of carbonyl (C=O) groups excluding carboxylic acids is 2. The van der Waals surface area contributed by atoms with Gasteiger partial charge in [-0.2, -0.15) is 0 Å². The smallest absolute Gasteiger partial charge is 0.339 e. The average Bonchev–Trinajstić information content (AvgIpc) is 3.27. The predicted octanol–water partition coefficient (Wildman–Crippen LogP) is 3.18. The second-order valence-corrected chi connectivity index (χ2v) is 7.08. The maximum absolute atomic E-state index is 12.6. The molecule has 1 amide bonds. The molecule has 3 aromatic rings. The lowest BCUT2D eigenvalue weighted by atomic mass is 10.1. The van der Waals surface area contributed by atoms with Crippen LogP contribution in [0, 0.1) is 6.92 Å². The fourth-order valence-electron chi connectivity index (χ4n) is 2.66. The molecule has 8 nitrogen and oxygen atoms in total. The number of fused-ring (bicyclic) bond motifs is 1. The summed E-state index contributed by atoms with van der Waals surface area (Å²) in [6, 6.07) is 1.77. The number of thiazole rings is 1. The minimum Gasteiger partial charge on any atom is -0.456 e. The van der Waals surface area contributed by atoms with Gasteiger partial charge in [-0.05, 0) is 25.8 Å². The molecule has 1 saturated carbocycles. The quantitative estimate of drug-likeness (QED) is 0.685. The summed E-state index contributed by atoms with van der Waals surface area (Å²) in [4.78, 5) is 32.4. The first-order valence-corrected chi connectivity index (χ1v) is 9.05. The van der Waals surface area contributed by atoms with Crippen molar-refractivity contribution in [1.29, 1.82) is 0 Å². The number of ether oxygens (including phenoxy) is 1. The maximum Gasteiger partial charge on any atom is 0.339 e. The van der Waals surface area contributed by atoms with Crippen molar-refractivity contribution in [3.63, 3.8) is 0 Å². The predicted molar refractivity (Wildman–Crippen MR) is 94.1 cm³/mol. The van der Waals surface area contributed by atoms with Gasteiger partial charge < -0.3 is 14.6 Å². The van der Waals surface area contributed by atoms with E-state index in [4.69, 9.17) is 9.26 Å². The number of nitrogens with zero attached hydrogens (tertiary/aromatic N) is 3. The molecule has 0 spiro atoms. The summed E-state index contributed by atoms with van der Waals surface area (Å²) in [6.45, 7) is 3.19. The van der Waals surface area contributed by atoms with E-state index in [1.165, 1.54) is 18.3 Å². The van der Waals surface area contributed by atoms with Crippen LogP contribution in [0.1, 0.15) is 53.1 Å². The summed E-state index contributed by atoms with van der Waals surface area (Å²) < 4.78 is 10.7. The van der Waals surface area contributed by atoms with E-state index in [-0.39, 0.29) is 12.5 Å². The summed E-state index contributed by atoms with van der Waals surface area (Å²) in [5.74, 6) is -0.299. The van der Waals surface area contributed by atoms with Crippen molar-refractivity contribution in [2.75, 3.05) is 5.32 Å². The molecule has 0 aliphatic heterocycles. The number of esters is 1. The van der Waals surface area contributed by atoms with Gasteiger partial charge in [0, 0.05) is 23.9 Å². The topological polar surface area (TPSA) is 107 Å². The molecule has 26 heavy (non-hydrogen) atoms. The van der Waals surface area contributed by atoms with Crippen LogP contribution in [-0.4, -0.2) is 27.0 Å². The standard InChI is InChI=1S/C17H16N4O4S/c1-8-14-12(5-13(10-3-4-10)20-15(14)25-21-8)16(23)24-6-11-7-26-17(19-11)18-9(2)22/h5,7,10H,3-4,6H2,1-2H3,(H,18,19,22). The molecule has 0 saturated heterocycles. The van der Waals surface area contributed by atoms with Crippen molar-refractivity contribution in [3.8, 4) is 0 Å². The van der Waals surface area contributed by atoms with Crippen LogP contribution in [0.5, 0.6) is 0 Å². The molecule has 3 heterocycles. The zero-order chi connectivity index (χ0) is 18.3. The largest absolute Gasteiger partial charge is 0.456 e. The van der Waals surface area contributed by atoms with Crippen molar-refractivity contribution >= 4 is 39.4 Å². The minimum atomic E-state index is -0.473. The van der Waals surface area contributed by atoms with Crippen molar-refractivity contribution in [2.45, 2.75) is 39.2 Å². The van der Waals surface area contributed by atoms with Gasteiger partial charge in [0.25, 0.3) is 5.71 Å². The number of aromatic nitrogens is 3. The molecular formula is C17H16N4O4S. The van der Waals surface area contributed by atoms with Crippen molar-refractivity contribution in [2.24, 2.45) is 0 Å². The molecule has 1 N–H and O–H groups in total. The SMILES string of the molecule is CC(=O)Nc1nc(COC(=O)c2cc(C3CC3)nc3onc(C)c23)cs1. The van der Waals surface area contributed by atoms with Gasteiger partial charge in [-0.1, -0.05) is 5.16 Å². The molecule has 0 radical (unpaired) electrons. The van der Waals surface area contributed by atoms with Crippen molar-refractivity contribution in [1.82, 2.24) is 15.1 Å². The zero-order valence-electron chi connectivity index (χ0n) is 14.2. The van der Waals surface area contributed by atoms with Crippen molar-refractivity contribution < 1.29 is 18.8 Å². The Morgan fingerprint density at radius 2 is 2.19 bits per heavy atom. The number of hydrogen-bond acceptors (Lipinski definition) is 8. The van der Waals surface area contributed by atoms with Crippen LogP contribution in [0.4, 0.5) is 5.13 Å². The van der Waals surface area contributed by atoms with E-state index in [0.717, 1.165) is 18.5 Å². The lowest BCUT2D eigenvalue weighted by Crippen LogP contribution is -2.08. The number of amides is 1. The van der Waals surface area contributed by atoms with E-state index in [0.29, 0.717) is 39.1 Å². The molecule has 0 bridgehead atoms. The van der Waals surface area contributed by atoms with E-state index in [2.05, 4.69) is 20.4 Å². The van der Waals surface area contributed by atoms with Crippen LogP contribution in [0.3, 0.4) is 0 Å². The number of nitrogens with one attached hydrogen (secondary N) is 1. The van der Waals surface area contributed by atoms with E-state index in [1.54, 1.807) is 18.4 Å². The Kier molecular flexibility index (Phi) is 4.15. The number of hydrogen-bond donors (Lipinski definition) is 1. The Labute approximate surface area is 152 Å². The first-order valence-electron chi connectivity index (χ1n) is 8.17. The maximum atomic E-state index is 12.6. The number of anilines is 1. The molecule has 3 aromatic heterocycles. The van der Waals surface area contributed by atoms with Gasteiger partial charge >= 0.3 is 5.97 Å². The van der Waals surface area contributed by atoms with Crippen LogP contribution in [0.2, 0.25) is 0 Å². The first-order chi connectivity index (χ1) is 12.5. The second-order valence-electron chi connectivity index (χ2n) is 6.22. The fraction of sp³-hybridized carbons (Fsp3) is 0.353. The highest BCUT2D eigenvalue weighted by Crippen LogP contribution is 2.40. The third-order valence-corrected chi connectivity index (χ3v) is 4.84. The second kappa shape index (κ2) is 6.49. The molecular weight excluding hydrogens is 356 g/mol. The summed E-state index contributed by atoms with van der Waals surface area (Å²) in [5.41, 5.74) is 2.78. The molecule has 134 valence electrons. The number of carbonyl (C=O) groups is 2. The molecule has 9 heteroatoms. The van der Waals surface area contributed by atoms with Gasteiger partial charge in [0.1, 0.15) is 6.61 Å². The molecule has 4 rings (SSSR count). The third kappa shape index (κ3) is 3.30. The average molecular weight is 372 g/mol. The summed E-state index contributed by atoms with van der Waals surface area (Å²) in [5, 5.41) is 9.30.